The third kappa shape index (κ3) is 3.96. The number of hydrogen-bond acceptors (Lipinski definition) is 4. The van der Waals surface area contributed by atoms with Gasteiger partial charge in [0.15, 0.2) is 11.4 Å². The number of para-hydroxylation sites is 2. The summed E-state index contributed by atoms with van der Waals surface area (Å²) in [6, 6.07) is 42.6. The van der Waals surface area contributed by atoms with Crippen molar-refractivity contribution in [3.8, 4) is 28.2 Å². The average molecular weight is 683 g/mol. The van der Waals surface area contributed by atoms with Crippen molar-refractivity contribution < 1.29 is 15.7 Å². The molecule has 0 radical (unpaired) electrons. The molecule has 0 aliphatic rings. The Labute approximate surface area is 309 Å². The average Bonchev–Trinajstić information content (AvgIpc) is 3.95. The van der Waals surface area contributed by atoms with Gasteiger partial charge < -0.3 is 8.83 Å². The molecule has 8 aromatic carbocycles. The molecular formula is C48H27N3O2. The molecule has 0 aliphatic heterocycles. The van der Waals surface area contributed by atoms with Gasteiger partial charge >= 0.3 is 0 Å². The third-order valence-corrected chi connectivity index (χ3v) is 10.5. The lowest BCUT2D eigenvalue weighted by molar-refractivity contribution is 0.651. The van der Waals surface area contributed by atoms with Crippen LogP contribution in [-0.2, 0) is 0 Å². The second-order valence-electron chi connectivity index (χ2n) is 13.3. The van der Waals surface area contributed by atoms with E-state index in [1.54, 1.807) is 12.1 Å². The van der Waals surface area contributed by atoms with Crippen LogP contribution in [0.15, 0.2) is 173 Å². The normalized spacial score (nSPS) is 13.5. The van der Waals surface area contributed by atoms with Crippen molar-refractivity contribution in [2.45, 2.75) is 0 Å². The maximum absolute atomic E-state index is 8.61. The van der Waals surface area contributed by atoms with Crippen molar-refractivity contribution in [3.63, 3.8) is 0 Å². The molecule has 0 amide bonds. The van der Waals surface area contributed by atoms with Gasteiger partial charge in [-0.05, 0) is 51.6 Å². The monoisotopic (exact) mass is 682 g/mol. The number of furan rings is 2. The Balaban J connectivity index is 1.23. The first-order valence-corrected chi connectivity index (χ1v) is 17.4. The molecule has 0 N–H and O–H groups in total. The Hall–Kier alpha value is -7.24. The highest BCUT2D eigenvalue weighted by Crippen LogP contribution is 2.47. The molecule has 0 fully saturated rings. The SMILES string of the molecule is [2H]c1c([2H])c([2H])c(-c2ccc(-c3nc4c(nc3-n3c5ccccc5c5c6ccccc6c6c7ccc8ccccc8c7oc6c53)oc3ccccc34)cc2)c([2H])c1[2H]. The standard InChI is InChI=1S/C48H27N3O2/c1-2-12-28(13-3-1)29-22-24-31(25-23-29)42-47(50-48-43(49-42)36-19-9-11-21-39(36)52-48)51-38-20-10-8-18-35(38)40-33-16-6-7-17-34(33)41-37-27-26-30-14-4-5-15-32(30)45(37)53-46(41)44(40)51/h1-27H/i1D,2D,3D,12D,13D. The van der Waals surface area contributed by atoms with Gasteiger partial charge in [-0.1, -0.05) is 139 Å². The highest BCUT2D eigenvalue weighted by atomic mass is 16.3. The molecule has 0 bridgehead atoms. The summed E-state index contributed by atoms with van der Waals surface area (Å²) in [5.41, 5.74) is 6.84. The van der Waals surface area contributed by atoms with Crippen LogP contribution < -0.4 is 0 Å². The molecule has 5 nitrogen and oxygen atoms in total. The van der Waals surface area contributed by atoms with Gasteiger partial charge in [-0.2, -0.15) is 4.98 Å². The summed E-state index contributed by atoms with van der Waals surface area (Å²) < 4.78 is 57.5. The van der Waals surface area contributed by atoms with E-state index < -0.39 is 6.04 Å². The number of benzene rings is 8. The van der Waals surface area contributed by atoms with Crippen LogP contribution in [0.4, 0.5) is 0 Å². The van der Waals surface area contributed by atoms with Crippen LogP contribution in [0.5, 0.6) is 0 Å². The maximum Gasteiger partial charge on any atom is 0.248 e. The summed E-state index contributed by atoms with van der Waals surface area (Å²) >= 11 is 0. The van der Waals surface area contributed by atoms with E-state index in [1.807, 2.05) is 60.7 Å². The molecule has 53 heavy (non-hydrogen) atoms. The molecule has 0 unspecified atom stereocenters. The van der Waals surface area contributed by atoms with Crippen molar-refractivity contribution in [3.05, 3.63) is 164 Å². The van der Waals surface area contributed by atoms with Crippen molar-refractivity contribution in [1.29, 1.82) is 0 Å². The minimum atomic E-state index is -0.429. The van der Waals surface area contributed by atoms with E-state index in [1.165, 1.54) is 0 Å². The van der Waals surface area contributed by atoms with Gasteiger partial charge in [-0.3, -0.25) is 4.57 Å². The van der Waals surface area contributed by atoms with Gasteiger partial charge in [0.2, 0.25) is 5.71 Å². The smallest absolute Gasteiger partial charge is 0.248 e. The molecule has 0 saturated heterocycles. The first-order chi connectivity index (χ1) is 28.4. The summed E-state index contributed by atoms with van der Waals surface area (Å²) in [7, 11) is 0. The fourth-order valence-electron chi connectivity index (χ4n) is 8.18. The quantitative estimate of drug-likeness (QED) is 0.186. The first kappa shape index (κ1) is 24.0. The summed E-state index contributed by atoms with van der Waals surface area (Å²) in [5.74, 6) is 0.523. The zero-order chi connectivity index (χ0) is 39.0. The summed E-state index contributed by atoms with van der Waals surface area (Å²) in [6.07, 6.45) is 0. The molecule has 0 aliphatic carbocycles. The van der Waals surface area contributed by atoms with E-state index in [0.717, 1.165) is 70.7 Å². The van der Waals surface area contributed by atoms with Crippen LogP contribution >= 0.6 is 0 Å². The number of rotatable bonds is 3. The largest absolute Gasteiger partial charge is 0.453 e. The second-order valence-corrected chi connectivity index (χ2v) is 13.3. The molecule has 246 valence electrons. The Morgan fingerprint density at radius 2 is 1.17 bits per heavy atom. The van der Waals surface area contributed by atoms with E-state index in [0.29, 0.717) is 39.5 Å². The number of fused-ring (bicyclic) bond motifs is 15. The highest BCUT2D eigenvalue weighted by molar-refractivity contribution is 6.36. The number of nitrogens with zero attached hydrogens (tertiary/aromatic N) is 3. The summed E-state index contributed by atoms with van der Waals surface area (Å²) in [5, 5.41) is 9.19. The Morgan fingerprint density at radius 3 is 2.00 bits per heavy atom. The predicted molar refractivity (Wildman–Crippen MR) is 217 cm³/mol. The van der Waals surface area contributed by atoms with E-state index in [4.69, 9.17) is 25.7 Å². The minimum absolute atomic E-state index is 0.134. The lowest BCUT2D eigenvalue weighted by Crippen LogP contribution is -2.03. The molecule has 0 spiro atoms. The van der Waals surface area contributed by atoms with Gasteiger partial charge in [0.1, 0.15) is 22.4 Å². The lowest BCUT2D eigenvalue weighted by Gasteiger charge is -2.13. The predicted octanol–water partition coefficient (Wildman–Crippen LogP) is 13.0. The van der Waals surface area contributed by atoms with E-state index in [-0.39, 0.29) is 29.7 Å². The Bertz CT molecular complexity index is 3720. The van der Waals surface area contributed by atoms with Crippen LogP contribution in [0.1, 0.15) is 6.85 Å². The van der Waals surface area contributed by atoms with E-state index in [9.17, 15) is 0 Å². The summed E-state index contributed by atoms with van der Waals surface area (Å²) in [6.45, 7) is 0. The summed E-state index contributed by atoms with van der Waals surface area (Å²) in [4.78, 5) is 10.7. The van der Waals surface area contributed by atoms with Gasteiger partial charge in [-0.15, -0.1) is 0 Å². The third-order valence-electron chi connectivity index (χ3n) is 10.5. The molecule has 0 saturated carbocycles. The van der Waals surface area contributed by atoms with Gasteiger partial charge in [0.25, 0.3) is 0 Å². The van der Waals surface area contributed by atoms with Crippen LogP contribution in [0.3, 0.4) is 0 Å². The fraction of sp³-hybridized carbons (Fsp3) is 0. The Kier molecular flexibility index (Phi) is 4.82. The highest BCUT2D eigenvalue weighted by Gasteiger charge is 2.27. The van der Waals surface area contributed by atoms with Gasteiger partial charge in [0, 0.05) is 37.9 Å². The van der Waals surface area contributed by atoms with Crippen molar-refractivity contribution >= 4 is 87.5 Å². The molecule has 4 aromatic heterocycles. The lowest BCUT2D eigenvalue weighted by atomic mass is 9.98. The van der Waals surface area contributed by atoms with Crippen LogP contribution in [0, 0.1) is 0 Å². The van der Waals surface area contributed by atoms with Crippen molar-refractivity contribution in [2.75, 3.05) is 0 Å². The number of hydrogen-bond donors (Lipinski definition) is 0. The molecule has 12 rings (SSSR count). The van der Waals surface area contributed by atoms with Crippen LogP contribution in [0.2, 0.25) is 0 Å². The van der Waals surface area contributed by atoms with E-state index >= 15 is 0 Å². The van der Waals surface area contributed by atoms with Gasteiger partial charge in [0.05, 0.1) is 17.9 Å². The van der Waals surface area contributed by atoms with E-state index in [2.05, 4.69) is 65.2 Å². The molecule has 4 heterocycles. The second kappa shape index (κ2) is 10.6. The molecular weight excluding hydrogens is 651 g/mol. The topological polar surface area (TPSA) is 57.0 Å². The van der Waals surface area contributed by atoms with Crippen LogP contribution in [0.25, 0.3) is 116 Å². The number of aromatic nitrogens is 3. The van der Waals surface area contributed by atoms with Gasteiger partial charge in [-0.25, -0.2) is 4.98 Å². The maximum atomic E-state index is 8.61. The minimum Gasteiger partial charge on any atom is -0.453 e. The first-order valence-electron chi connectivity index (χ1n) is 19.9. The molecule has 12 aromatic rings. The van der Waals surface area contributed by atoms with Crippen molar-refractivity contribution in [2.24, 2.45) is 0 Å². The zero-order valence-corrected chi connectivity index (χ0v) is 27.9. The Morgan fingerprint density at radius 1 is 0.491 bits per heavy atom. The fourth-order valence-corrected chi connectivity index (χ4v) is 8.18. The molecule has 5 heteroatoms. The zero-order valence-electron chi connectivity index (χ0n) is 32.9. The van der Waals surface area contributed by atoms with Crippen LogP contribution in [-0.4, -0.2) is 14.5 Å². The molecule has 0 atom stereocenters. The van der Waals surface area contributed by atoms with Crippen molar-refractivity contribution in [1.82, 2.24) is 14.5 Å².